The molecule has 0 aromatic heterocycles. The molecule has 2 rings (SSSR count). The molecule has 0 aliphatic heterocycles. The van der Waals surface area contributed by atoms with Gasteiger partial charge in [-0.1, -0.05) is 29.8 Å². The van der Waals surface area contributed by atoms with Crippen LogP contribution in [0.1, 0.15) is 32.3 Å². The maximum Gasteiger partial charge on any atom is 0.226 e. The average Bonchev–Trinajstić information content (AvgIpc) is 3.10. The molecular weight excluding hydrogens is 234 g/mol. The molecule has 0 bridgehead atoms. The van der Waals surface area contributed by atoms with Crippen molar-refractivity contribution >= 4 is 17.5 Å². The van der Waals surface area contributed by atoms with Gasteiger partial charge in [0, 0.05) is 23.5 Å². The van der Waals surface area contributed by atoms with Crippen LogP contribution < -0.4 is 0 Å². The molecule has 0 saturated heterocycles. The maximum absolute atomic E-state index is 12.1. The fourth-order valence-corrected chi connectivity index (χ4v) is 2.09. The van der Waals surface area contributed by atoms with E-state index in [2.05, 4.69) is 13.8 Å². The van der Waals surface area contributed by atoms with Crippen LogP contribution in [0, 0.1) is 5.92 Å². The lowest BCUT2D eigenvalue weighted by Gasteiger charge is -2.27. The first kappa shape index (κ1) is 12.4. The summed E-state index contributed by atoms with van der Waals surface area (Å²) in [6.45, 7) is 4.72. The van der Waals surface area contributed by atoms with Crippen LogP contribution in [-0.4, -0.2) is 16.8 Å². The second kappa shape index (κ2) is 5.09. The normalized spacial score (nSPS) is 15.1. The second-order valence-corrected chi connectivity index (χ2v) is 5.33. The summed E-state index contributed by atoms with van der Waals surface area (Å²) >= 11 is 6.13. The summed E-state index contributed by atoms with van der Waals surface area (Å²) in [7, 11) is 0. The van der Waals surface area contributed by atoms with Gasteiger partial charge < -0.3 is 4.90 Å². The van der Waals surface area contributed by atoms with Gasteiger partial charge in [0.15, 0.2) is 0 Å². The van der Waals surface area contributed by atoms with Gasteiger partial charge in [0.05, 0.1) is 0 Å². The fraction of sp³-hybridized carbons (Fsp3) is 0.500. The molecule has 92 valence electrons. The van der Waals surface area contributed by atoms with Crippen LogP contribution in [0.4, 0.5) is 0 Å². The second-order valence-electron chi connectivity index (χ2n) is 4.93. The Labute approximate surface area is 108 Å². The fourth-order valence-electron chi connectivity index (χ4n) is 1.89. The topological polar surface area (TPSA) is 20.3 Å². The molecule has 0 heterocycles. The first-order valence-electron chi connectivity index (χ1n) is 6.13. The molecule has 3 heteroatoms. The summed E-state index contributed by atoms with van der Waals surface area (Å²) in [6.07, 6.45) is 2.09. The highest BCUT2D eigenvalue weighted by atomic mass is 35.5. The Bertz CT molecular complexity index is 412. The van der Waals surface area contributed by atoms with E-state index in [1.807, 2.05) is 29.2 Å². The lowest BCUT2D eigenvalue weighted by atomic mass is 10.1. The van der Waals surface area contributed by atoms with Gasteiger partial charge >= 0.3 is 0 Å². The highest BCUT2D eigenvalue weighted by Crippen LogP contribution is 2.32. The van der Waals surface area contributed by atoms with E-state index >= 15 is 0 Å². The quantitative estimate of drug-likeness (QED) is 0.802. The monoisotopic (exact) mass is 251 g/mol. The van der Waals surface area contributed by atoms with Crippen molar-refractivity contribution in [3.05, 3.63) is 34.9 Å². The van der Waals surface area contributed by atoms with Crippen molar-refractivity contribution in [2.45, 2.75) is 39.3 Å². The number of amides is 1. The minimum atomic E-state index is 0.222. The molecule has 2 nitrogen and oxygen atoms in total. The van der Waals surface area contributed by atoms with Gasteiger partial charge in [-0.05, 0) is 38.3 Å². The number of hydrogen-bond acceptors (Lipinski definition) is 1. The van der Waals surface area contributed by atoms with Crippen LogP contribution in [0.3, 0.4) is 0 Å². The Hall–Kier alpha value is -1.02. The number of benzene rings is 1. The van der Waals surface area contributed by atoms with Gasteiger partial charge in [-0.3, -0.25) is 4.79 Å². The van der Waals surface area contributed by atoms with Gasteiger partial charge in [-0.15, -0.1) is 0 Å². The summed E-state index contributed by atoms with van der Waals surface area (Å²) in [5.74, 6) is 0.541. The summed E-state index contributed by atoms with van der Waals surface area (Å²) in [5, 5.41) is 0.738. The van der Waals surface area contributed by atoms with Gasteiger partial charge in [0.25, 0.3) is 0 Å². The van der Waals surface area contributed by atoms with Gasteiger partial charge in [0.1, 0.15) is 0 Å². The smallest absolute Gasteiger partial charge is 0.226 e. The predicted octanol–water partition coefficient (Wildman–Crippen LogP) is 3.49. The van der Waals surface area contributed by atoms with E-state index in [4.69, 9.17) is 11.6 Å². The van der Waals surface area contributed by atoms with Crippen LogP contribution in [0.5, 0.6) is 0 Å². The number of hydrogen-bond donors (Lipinski definition) is 0. The van der Waals surface area contributed by atoms with E-state index in [1.54, 1.807) is 0 Å². The number of carbonyl (C=O) groups excluding carboxylic acids is 1. The number of nitrogens with zero attached hydrogens (tertiary/aromatic N) is 1. The summed E-state index contributed by atoms with van der Waals surface area (Å²) in [4.78, 5) is 14.1. The van der Waals surface area contributed by atoms with E-state index in [0.29, 0.717) is 6.54 Å². The SMILES string of the molecule is CC(C)N(Cc1ccccc1Cl)C(=O)C1CC1. The standard InChI is InChI=1S/C14H18ClNO/c1-10(2)16(14(17)11-7-8-11)9-12-5-3-4-6-13(12)15/h3-6,10-11H,7-9H2,1-2H3. The molecular formula is C14H18ClNO. The van der Waals surface area contributed by atoms with E-state index in [1.165, 1.54) is 0 Å². The number of halogens is 1. The molecule has 1 aromatic rings. The van der Waals surface area contributed by atoms with Crippen LogP contribution in [0.25, 0.3) is 0 Å². The van der Waals surface area contributed by atoms with Crippen molar-refractivity contribution < 1.29 is 4.79 Å². The van der Waals surface area contributed by atoms with Crippen molar-refractivity contribution in [2.24, 2.45) is 5.92 Å². The lowest BCUT2D eigenvalue weighted by Crippen LogP contribution is -2.37. The average molecular weight is 252 g/mol. The highest BCUT2D eigenvalue weighted by molar-refractivity contribution is 6.31. The number of rotatable bonds is 4. The van der Waals surface area contributed by atoms with Crippen LogP contribution in [0.15, 0.2) is 24.3 Å². The largest absolute Gasteiger partial charge is 0.336 e. The molecule has 1 amide bonds. The Morgan fingerprint density at radius 1 is 1.41 bits per heavy atom. The van der Waals surface area contributed by atoms with E-state index in [-0.39, 0.29) is 17.9 Å². The molecule has 0 atom stereocenters. The molecule has 1 saturated carbocycles. The first-order chi connectivity index (χ1) is 8.09. The Kier molecular flexibility index (Phi) is 3.72. The zero-order chi connectivity index (χ0) is 12.4. The summed E-state index contributed by atoms with van der Waals surface area (Å²) in [5.41, 5.74) is 1.02. The zero-order valence-corrected chi connectivity index (χ0v) is 11.1. The van der Waals surface area contributed by atoms with Crippen molar-refractivity contribution in [1.82, 2.24) is 4.90 Å². The minimum Gasteiger partial charge on any atom is -0.336 e. The molecule has 0 unspecified atom stereocenters. The van der Waals surface area contributed by atoms with Gasteiger partial charge in [-0.2, -0.15) is 0 Å². The van der Waals surface area contributed by atoms with E-state index in [0.717, 1.165) is 23.4 Å². The molecule has 1 aromatic carbocycles. The Balaban J connectivity index is 2.12. The van der Waals surface area contributed by atoms with Crippen molar-refractivity contribution in [2.75, 3.05) is 0 Å². The molecule has 0 spiro atoms. The Morgan fingerprint density at radius 3 is 2.59 bits per heavy atom. The van der Waals surface area contributed by atoms with Crippen molar-refractivity contribution in [1.29, 1.82) is 0 Å². The Morgan fingerprint density at radius 2 is 2.06 bits per heavy atom. The van der Waals surface area contributed by atoms with Crippen molar-refractivity contribution in [3.8, 4) is 0 Å². The highest BCUT2D eigenvalue weighted by Gasteiger charge is 2.34. The lowest BCUT2D eigenvalue weighted by molar-refractivity contribution is -0.134. The minimum absolute atomic E-state index is 0.222. The predicted molar refractivity (Wildman–Crippen MR) is 69.9 cm³/mol. The third-order valence-electron chi connectivity index (χ3n) is 3.13. The van der Waals surface area contributed by atoms with Crippen molar-refractivity contribution in [3.63, 3.8) is 0 Å². The third-order valence-corrected chi connectivity index (χ3v) is 3.50. The summed E-state index contributed by atoms with van der Waals surface area (Å²) in [6, 6.07) is 7.95. The van der Waals surface area contributed by atoms with Crippen LogP contribution in [-0.2, 0) is 11.3 Å². The maximum atomic E-state index is 12.1. The molecule has 1 aliphatic rings. The summed E-state index contributed by atoms with van der Waals surface area (Å²) < 4.78 is 0. The third kappa shape index (κ3) is 3.01. The molecule has 0 N–H and O–H groups in total. The van der Waals surface area contributed by atoms with E-state index < -0.39 is 0 Å². The van der Waals surface area contributed by atoms with Crippen LogP contribution >= 0.6 is 11.6 Å². The molecule has 0 radical (unpaired) electrons. The zero-order valence-electron chi connectivity index (χ0n) is 10.3. The first-order valence-corrected chi connectivity index (χ1v) is 6.51. The van der Waals surface area contributed by atoms with Crippen LogP contribution in [0.2, 0.25) is 5.02 Å². The molecule has 17 heavy (non-hydrogen) atoms. The molecule has 1 aliphatic carbocycles. The van der Waals surface area contributed by atoms with E-state index in [9.17, 15) is 4.79 Å². The van der Waals surface area contributed by atoms with Gasteiger partial charge in [-0.25, -0.2) is 0 Å². The molecule has 1 fully saturated rings. The number of carbonyl (C=O) groups is 1. The van der Waals surface area contributed by atoms with Gasteiger partial charge in [0.2, 0.25) is 5.91 Å².